The van der Waals surface area contributed by atoms with Crippen LogP contribution in [0.2, 0.25) is 0 Å². The van der Waals surface area contributed by atoms with Gasteiger partial charge in [-0.1, -0.05) is 246 Å². The standard InChI is InChI=1S/C12H14O.C11H15BrO.C11H13BrO.C11H14O.C11H14.CH2Cl2.2CH4.BrH.Zn.H2/c1-3-12(13)10(2)9-11-7-5-4-6-8-11;2*1-9(11(13)8-12)7-10-5-3-2-4-6-10;1-9(11-8-12-11)7-10-5-3-2-4-6-10;1-3-10(2)9-11-7-5-4-6-8-11;2-1-3;;;;;/h3-8,10H,1,9H2,2H3;2-6,9,11,13H,7-8H2,1H3;2-6,9H,7-8H2,1H3;2-6,9,11H,7-8H2,1H3;3-8,10H,1,9H2,2H3;1H2;2*1H4;1H;;1H/t10-;9-,11+;9-;9-,11+;10-;;;;;;/m00001....../s1. The molecule has 380 valence electrons. The number of ether oxygens (including phenoxy) is 1. The van der Waals surface area contributed by atoms with E-state index in [4.69, 9.17) is 27.9 Å². The fourth-order valence-corrected chi connectivity index (χ4v) is 7.52. The zero-order valence-corrected chi connectivity index (χ0v) is 49.6. The van der Waals surface area contributed by atoms with Crippen molar-refractivity contribution in [1.29, 1.82) is 0 Å². The first kappa shape index (κ1) is 73.0. The third-order valence-corrected chi connectivity index (χ3v) is 11.8. The van der Waals surface area contributed by atoms with Gasteiger partial charge in [0.1, 0.15) is 5.78 Å². The zero-order valence-electron chi connectivity index (χ0n) is 40.2. The van der Waals surface area contributed by atoms with Gasteiger partial charge in [0.2, 0.25) is 0 Å². The summed E-state index contributed by atoms with van der Waals surface area (Å²) in [4.78, 5) is 22.5. The Labute approximate surface area is 470 Å². The molecule has 69 heavy (non-hydrogen) atoms. The van der Waals surface area contributed by atoms with Crippen LogP contribution in [-0.4, -0.2) is 51.5 Å². The van der Waals surface area contributed by atoms with Crippen LogP contribution >= 0.6 is 72.0 Å². The average Bonchev–Trinajstić information content (AvgIpc) is 4.20. The second kappa shape index (κ2) is 46.5. The molecule has 7 atom stereocenters. The first-order chi connectivity index (χ1) is 31.3. The number of allylic oxidation sites excluding steroid dienone is 2. The molecule has 1 heterocycles. The maximum Gasteiger partial charge on any atom is 0.158 e. The van der Waals surface area contributed by atoms with E-state index in [1.807, 2.05) is 92.7 Å². The first-order valence-electron chi connectivity index (χ1n) is 22.4. The Balaban J connectivity index is -0.000000244. The number of Topliss-reactive ketones (excluding diaryl/α,β-unsaturated/α-hetero) is 1. The second-order valence-electron chi connectivity index (χ2n) is 16.3. The van der Waals surface area contributed by atoms with Crippen molar-refractivity contribution >= 4 is 83.6 Å². The minimum Gasteiger partial charge on any atom is -0.392 e. The summed E-state index contributed by atoms with van der Waals surface area (Å²) in [5.41, 5.74) is 6.52. The van der Waals surface area contributed by atoms with E-state index in [9.17, 15) is 14.7 Å². The maximum absolute atomic E-state index is 11.3. The SMILES string of the molecule is Br.C.C.C=CC(=O)[C@@H](C)Cc1ccccc1.C=C[C@@H](C)Cc1ccccc1.C[C@@H](Cc1ccccc1)C(=O)CBr.C[C@@H](Cc1ccccc1)[C@H](O)CBr.C[C@@H](Cc1ccccc1)[C@H]1CO1.ClCCl.[HH].[Zn]. The minimum absolute atomic E-state index is 0. The molecule has 5 aromatic rings. The van der Waals surface area contributed by atoms with Crippen LogP contribution in [0.4, 0.5) is 0 Å². The van der Waals surface area contributed by atoms with Crippen LogP contribution in [0.15, 0.2) is 177 Å². The summed E-state index contributed by atoms with van der Waals surface area (Å²) in [5.74, 6) is 2.10. The predicted molar refractivity (Wildman–Crippen MR) is 313 cm³/mol. The van der Waals surface area contributed by atoms with Crippen molar-refractivity contribution < 1.29 is 40.3 Å². The molecule has 1 saturated heterocycles. The van der Waals surface area contributed by atoms with Crippen molar-refractivity contribution in [1.82, 2.24) is 0 Å². The molecule has 0 bridgehead atoms. The molecule has 6 rings (SSSR count). The smallest absolute Gasteiger partial charge is 0.158 e. The van der Waals surface area contributed by atoms with Gasteiger partial charge in [-0.2, -0.15) is 0 Å². The molecule has 1 N–H and O–H groups in total. The van der Waals surface area contributed by atoms with Crippen molar-refractivity contribution in [2.24, 2.45) is 29.6 Å². The number of aliphatic hydroxyl groups is 1. The molecule has 4 nitrogen and oxygen atoms in total. The molecule has 10 heteroatoms. The second-order valence-corrected chi connectivity index (χ2v) is 18.3. The Morgan fingerprint density at radius 1 is 0.638 bits per heavy atom. The van der Waals surface area contributed by atoms with Crippen molar-refractivity contribution in [3.8, 4) is 0 Å². The monoisotopic (exact) mass is 1230 g/mol. The summed E-state index contributed by atoms with van der Waals surface area (Å²) in [7, 11) is 0. The fraction of sp³-hybridized carbons (Fsp3) is 0.390. The Kier molecular flexibility index (Phi) is 49.3. The van der Waals surface area contributed by atoms with Gasteiger partial charge in [-0.15, -0.1) is 46.8 Å². The molecular formula is C59H83Br3Cl2O4Zn. The van der Waals surface area contributed by atoms with E-state index in [2.05, 4.69) is 145 Å². The minimum atomic E-state index is -0.250. The molecule has 0 aliphatic carbocycles. The van der Waals surface area contributed by atoms with Gasteiger partial charge in [-0.25, -0.2) is 0 Å². The van der Waals surface area contributed by atoms with Crippen LogP contribution in [0.25, 0.3) is 0 Å². The molecule has 1 aliphatic heterocycles. The Morgan fingerprint density at radius 3 is 1.26 bits per heavy atom. The molecule has 0 spiro atoms. The number of hydrogen-bond acceptors (Lipinski definition) is 4. The van der Waals surface area contributed by atoms with E-state index >= 15 is 0 Å². The van der Waals surface area contributed by atoms with Gasteiger partial charge < -0.3 is 9.84 Å². The Bertz CT molecular complexity index is 1950. The van der Waals surface area contributed by atoms with E-state index in [0.717, 1.165) is 38.7 Å². The number of benzene rings is 5. The normalized spacial score (nSPS) is 13.9. The Morgan fingerprint density at radius 2 is 0.957 bits per heavy atom. The van der Waals surface area contributed by atoms with E-state index in [-0.39, 0.29) is 87.6 Å². The van der Waals surface area contributed by atoms with Crippen molar-refractivity contribution in [2.45, 2.75) is 93.8 Å². The van der Waals surface area contributed by atoms with Crippen LogP contribution in [-0.2, 0) is 65.9 Å². The van der Waals surface area contributed by atoms with Gasteiger partial charge in [0, 0.05) is 38.1 Å². The number of hydrogen-bond donors (Lipinski definition) is 1. The van der Waals surface area contributed by atoms with Gasteiger partial charge >= 0.3 is 0 Å². The summed E-state index contributed by atoms with van der Waals surface area (Å²) in [6, 6.07) is 51.5. The molecule has 1 aliphatic rings. The van der Waals surface area contributed by atoms with E-state index < -0.39 is 0 Å². The number of ketones is 2. The molecule has 0 unspecified atom stereocenters. The van der Waals surface area contributed by atoms with E-state index in [1.54, 1.807) is 0 Å². The number of epoxide rings is 1. The van der Waals surface area contributed by atoms with E-state index in [0.29, 0.717) is 34.5 Å². The summed E-state index contributed by atoms with van der Waals surface area (Å²) >= 11 is 16.0. The van der Waals surface area contributed by atoms with Crippen molar-refractivity contribution in [2.75, 3.05) is 22.6 Å². The number of alkyl halides is 4. The fourth-order valence-electron chi connectivity index (χ4n) is 6.33. The van der Waals surface area contributed by atoms with Crippen LogP contribution in [0, 0.1) is 29.6 Å². The quantitative estimate of drug-likeness (QED) is 0.0312. The number of rotatable bonds is 18. The Hall–Kier alpha value is -2.52. The summed E-state index contributed by atoms with van der Waals surface area (Å²) < 4.78 is 5.24. The molecule has 0 radical (unpaired) electrons. The largest absolute Gasteiger partial charge is 0.392 e. The van der Waals surface area contributed by atoms with Crippen LogP contribution in [0.5, 0.6) is 0 Å². The van der Waals surface area contributed by atoms with E-state index in [1.165, 1.54) is 33.9 Å². The summed E-state index contributed by atoms with van der Waals surface area (Å²) in [6.45, 7) is 18.6. The third-order valence-electron chi connectivity index (χ3n) is 10.6. The first-order valence-corrected chi connectivity index (χ1v) is 25.7. The molecule has 0 saturated carbocycles. The molecule has 1 fully saturated rings. The number of carbonyl (C=O) groups is 2. The van der Waals surface area contributed by atoms with Crippen LogP contribution in [0.1, 0.15) is 78.7 Å². The van der Waals surface area contributed by atoms with Crippen LogP contribution < -0.4 is 0 Å². The summed E-state index contributed by atoms with van der Waals surface area (Å²) in [6.07, 6.45) is 8.49. The molecule has 5 aromatic carbocycles. The van der Waals surface area contributed by atoms with Gasteiger partial charge in [0.25, 0.3) is 0 Å². The maximum atomic E-state index is 11.3. The van der Waals surface area contributed by atoms with Crippen molar-refractivity contribution in [3.05, 3.63) is 205 Å². The molecule has 0 amide bonds. The summed E-state index contributed by atoms with van der Waals surface area (Å²) in [5, 5.41) is 10.8. The van der Waals surface area contributed by atoms with Gasteiger partial charge in [-0.3, -0.25) is 9.59 Å². The van der Waals surface area contributed by atoms with Gasteiger partial charge in [-0.05, 0) is 83.8 Å². The molecule has 0 aromatic heterocycles. The topological polar surface area (TPSA) is 66.9 Å². The number of carbonyl (C=O) groups excluding carboxylic acids is 2. The average molecular weight is 1230 g/mol. The van der Waals surface area contributed by atoms with Gasteiger partial charge in [0.05, 0.1) is 29.5 Å². The predicted octanol–water partition coefficient (Wildman–Crippen LogP) is 16.9. The van der Waals surface area contributed by atoms with Crippen LogP contribution in [0.3, 0.4) is 0 Å². The van der Waals surface area contributed by atoms with Crippen molar-refractivity contribution in [3.63, 3.8) is 0 Å². The molecular weight excluding hydrogens is 1150 g/mol. The number of halogens is 5. The van der Waals surface area contributed by atoms with Gasteiger partial charge in [0.15, 0.2) is 5.78 Å². The number of aliphatic hydroxyl groups excluding tert-OH is 1. The zero-order chi connectivity index (χ0) is 48.2. The third kappa shape index (κ3) is 37.0.